The average molecular weight is 345 g/mol. The van der Waals surface area contributed by atoms with Crippen LogP contribution in [-0.2, 0) is 16.1 Å². The van der Waals surface area contributed by atoms with Crippen LogP contribution in [-0.4, -0.2) is 33.6 Å². The highest BCUT2D eigenvalue weighted by molar-refractivity contribution is 5.96. The van der Waals surface area contributed by atoms with Crippen LogP contribution in [0.1, 0.15) is 41.5 Å². The average Bonchev–Trinajstić information content (AvgIpc) is 3.06. The molecule has 0 radical (unpaired) electrons. The lowest BCUT2D eigenvalue weighted by atomic mass is 10.2. The number of anilines is 1. The zero-order valence-electron chi connectivity index (χ0n) is 13.6. The summed E-state index contributed by atoms with van der Waals surface area (Å²) in [6.07, 6.45) is 3.11. The second kappa shape index (κ2) is 7.80. The van der Waals surface area contributed by atoms with Gasteiger partial charge in [0, 0.05) is 6.61 Å². The van der Waals surface area contributed by atoms with Crippen molar-refractivity contribution in [3.63, 3.8) is 0 Å². The molecule has 1 fully saturated rings. The highest BCUT2D eigenvalue weighted by Gasteiger charge is 2.23. The fourth-order valence-electron chi connectivity index (χ4n) is 2.59. The SMILES string of the molecule is O=C(Nc1cn(C2CCCCO2)nc1C(=O)O)OCc1ccccc1. The van der Waals surface area contributed by atoms with Gasteiger partial charge >= 0.3 is 12.1 Å². The molecule has 132 valence electrons. The Labute approximate surface area is 144 Å². The number of rotatable bonds is 5. The van der Waals surface area contributed by atoms with E-state index < -0.39 is 12.1 Å². The van der Waals surface area contributed by atoms with E-state index in [2.05, 4.69) is 10.4 Å². The summed E-state index contributed by atoms with van der Waals surface area (Å²) in [5, 5.41) is 15.8. The molecule has 2 N–H and O–H groups in total. The Morgan fingerprint density at radius 2 is 2.12 bits per heavy atom. The summed E-state index contributed by atoms with van der Waals surface area (Å²) in [6, 6.07) is 9.20. The molecule has 1 atom stereocenters. The first-order valence-electron chi connectivity index (χ1n) is 8.05. The van der Waals surface area contributed by atoms with Crippen molar-refractivity contribution in [2.24, 2.45) is 0 Å². The van der Waals surface area contributed by atoms with E-state index in [9.17, 15) is 14.7 Å². The van der Waals surface area contributed by atoms with E-state index in [1.807, 2.05) is 30.3 Å². The Kier molecular flexibility index (Phi) is 5.30. The minimum Gasteiger partial charge on any atom is -0.476 e. The molecule has 1 aliphatic rings. The maximum atomic E-state index is 12.0. The Hall–Kier alpha value is -2.87. The largest absolute Gasteiger partial charge is 0.476 e. The van der Waals surface area contributed by atoms with Gasteiger partial charge in [-0.1, -0.05) is 30.3 Å². The first-order valence-corrected chi connectivity index (χ1v) is 8.05. The van der Waals surface area contributed by atoms with Crippen molar-refractivity contribution in [1.82, 2.24) is 9.78 Å². The summed E-state index contributed by atoms with van der Waals surface area (Å²) in [5.41, 5.74) is 0.674. The molecule has 3 rings (SSSR count). The number of carboxylic acid groups (broad SMARTS) is 1. The van der Waals surface area contributed by atoms with Crippen LogP contribution >= 0.6 is 0 Å². The van der Waals surface area contributed by atoms with E-state index in [1.54, 1.807) is 0 Å². The molecule has 0 aliphatic carbocycles. The highest BCUT2D eigenvalue weighted by Crippen LogP contribution is 2.25. The molecule has 2 heterocycles. The van der Waals surface area contributed by atoms with Crippen LogP contribution in [0.5, 0.6) is 0 Å². The Morgan fingerprint density at radius 1 is 1.32 bits per heavy atom. The molecule has 0 saturated carbocycles. The summed E-state index contributed by atoms with van der Waals surface area (Å²) in [5.74, 6) is -1.23. The van der Waals surface area contributed by atoms with Gasteiger partial charge in [0.15, 0.2) is 5.69 Å². The molecular weight excluding hydrogens is 326 g/mol. The van der Waals surface area contributed by atoms with Crippen molar-refractivity contribution in [2.75, 3.05) is 11.9 Å². The zero-order chi connectivity index (χ0) is 17.6. The highest BCUT2D eigenvalue weighted by atomic mass is 16.5. The fraction of sp³-hybridized carbons (Fsp3) is 0.353. The second-order valence-corrected chi connectivity index (χ2v) is 5.68. The minimum absolute atomic E-state index is 0.0831. The molecule has 2 aromatic rings. The smallest absolute Gasteiger partial charge is 0.412 e. The summed E-state index contributed by atoms with van der Waals surface area (Å²) < 4.78 is 12.1. The molecule has 0 bridgehead atoms. The third-order valence-electron chi connectivity index (χ3n) is 3.83. The van der Waals surface area contributed by atoms with Crippen LogP contribution in [0.3, 0.4) is 0 Å². The number of carbonyl (C=O) groups is 2. The number of aromatic nitrogens is 2. The van der Waals surface area contributed by atoms with E-state index in [0.717, 1.165) is 24.8 Å². The monoisotopic (exact) mass is 345 g/mol. The van der Waals surface area contributed by atoms with Gasteiger partial charge in [0.2, 0.25) is 0 Å². The number of hydrogen-bond donors (Lipinski definition) is 2. The van der Waals surface area contributed by atoms with Crippen molar-refractivity contribution in [1.29, 1.82) is 0 Å². The number of aromatic carboxylic acids is 1. The van der Waals surface area contributed by atoms with Gasteiger partial charge in [0.05, 0.1) is 11.9 Å². The third-order valence-corrected chi connectivity index (χ3v) is 3.83. The molecule has 1 unspecified atom stereocenters. The van der Waals surface area contributed by atoms with Crippen LogP contribution in [0.2, 0.25) is 0 Å². The predicted octanol–water partition coefficient (Wildman–Crippen LogP) is 3.03. The molecule has 0 spiro atoms. The van der Waals surface area contributed by atoms with Gasteiger partial charge in [-0.25, -0.2) is 14.3 Å². The lowest BCUT2D eigenvalue weighted by Crippen LogP contribution is -2.19. The maximum Gasteiger partial charge on any atom is 0.412 e. The van der Waals surface area contributed by atoms with Crippen molar-refractivity contribution >= 4 is 17.7 Å². The summed E-state index contributed by atoms with van der Waals surface area (Å²) in [6.45, 7) is 0.698. The predicted molar refractivity (Wildman–Crippen MR) is 88.3 cm³/mol. The van der Waals surface area contributed by atoms with Gasteiger partial charge < -0.3 is 14.6 Å². The summed E-state index contributed by atoms with van der Waals surface area (Å²) in [7, 11) is 0. The van der Waals surface area contributed by atoms with Crippen molar-refractivity contribution in [2.45, 2.75) is 32.1 Å². The van der Waals surface area contributed by atoms with Crippen LogP contribution in [0.25, 0.3) is 0 Å². The van der Waals surface area contributed by atoms with Crippen LogP contribution in [0.15, 0.2) is 36.5 Å². The lowest BCUT2D eigenvalue weighted by Gasteiger charge is -2.22. The number of benzene rings is 1. The molecule has 8 nitrogen and oxygen atoms in total. The normalized spacial score (nSPS) is 17.0. The lowest BCUT2D eigenvalue weighted by molar-refractivity contribution is -0.0396. The van der Waals surface area contributed by atoms with Gasteiger partial charge in [-0.2, -0.15) is 5.10 Å². The van der Waals surface area contributed by atoms with Crippen LogP contribution in [0, 0.1) is 0 Å². The second-order valence-electron chi connectivity index (χ2n) is 5.68. The van der Waals surface area contributed by atoms with Gasteiger partial charge in [-0.3, -0.25) is 5.32 Å². The van der Waals surface area contributed by atoms with E-state index in [1.165, 1.54) is 10.9 Å². The molecular formula is C17H19N3O5. The fourth-order valence-corrected chi connectivity index (χ4v) is 2.59. The van der Waals surface area contributed by atoms with E-state index in [0.29, 0.717) is 6.61 Å². The number of nitrogens with one attached hydrogen (secondary N) is 1. The number of hydrogen-bond acceptors (Lipinski definition) is 5. The molecule has 1 aliphatic heterocycles. The van der Waals surface area contributed by atoms with Gasteiger partial charge in [0.25, 0.3) is 0 Å². The Morgan fingerprint density at radius 3 is 2.80 bits per heavy atom. The molecule has 1 aromatic heterocycles. The zero-order valence-corrected chi connectivity index (χ0v) is 13.6. The standard InChI is InChI=1S/C17H19N3O5/c21-16(22)15-13(10-20(19-15)14-8-4-5-9-24-14)18-17(23)25-11-12-6-2-1-3-7-12/h1-3,6-7,10,14H,4-5,8-9,11H2,(H,18,23)(H,21,22). The topological polar surface area (TPSA) is 103 Å². The first kappa shape index (κ1) is 17.0. The molecule has 25 heavy (non-hydrogen) atoms. The third kappa shape index (κ3) is 4.36. The molecule has 1 saturated heterocycles. The quantitative estimate of drug-likeness (QED) is 0.863. The van der Waals surface area contributed by atoms with Gasteiger partial charge in [-0.05, 0) is 24.8 Å². The van der Waals surface area contributed by atoms with E-state index in [4.69, 9.17) is 9.47 Å². The number of ether oxygens (including phenoxy) is 2. The summed E-state index contributed by atoms with van der Waals surface area (Å²) >= 11 is 0. The number of amides is 1. The summed E-state index contributed by atoms with van der Waals surface area (Å²) in [4.78, 5) is 23.3. The van der Waals surface area contributed by atoms with E-state index in [-0.39, 0.29) is 24.2 Å². The van der Waals surface area contributed by atoms with Crippen molar-refractivity contribution in [3.8, 4) is 0 Å². The van der Waals surface area contributed by atoms with Crippen LogP contribution < -0.4 is 5.32 Å². The van der Waals surface area contributed by atoms with Crippen molar-refractivity contribution < 1.29 is 24.2 Å². The minimum atomic E-state index is -1.23. The Balaban J connectivity index is 1.66. The first-order chi connectivity index (χ1) is 12.1. The van der Waals surface area contributed by atoms with Gasteiger partial charge in [-0.15, -0.1) is 0 Å². The number of carboxylic acids is 1. The van der Waals surface area contributed by atoms with Crippen LogP contribution in [0.4, 0.5) is 10.5 Å². The van der Waals surface area contributed by atoms with Gasteiger partial charge in [0.1, 0.15) is 12.8 Å². The number of nitrogens with zero attached hydrogens (tertiary/aromatic N) is 2. The Bertz CT molecular complexity index is 738. The van der Waals surface area contributed by atoms with E-state index >= 15 is 0 Å². The molecule has 1 aromatic carbocycles. The van der Waals surface area contributed by atoms with Crippen molar-refractivity contribution in [3.05, 3.63) is 47.8 Å². The maximum absolute atomic E-state index is 12.0. The molecule has 8 heteroatoms. The number of carbonyl (C=O) groups excluding carboxylic acids is 1. The molecule has 1 amide bonds.